The van der Waals surface area contributed by atoms with Crippen LogP contribution >= 0.6 is 0 Å². The number of benzene rings is 3. The van der Waals surface area contributed by atoms with Crippen LogP contribution in [0.2, 0.25) is 0 Å². The van der Waals surface area contributed by atoms with E-state index < -0.39 is 0 Å². The molecule has 0 aliphatic carbocycles. The number of amides is 2. The second-order valence-electron chi connectivity index (χ2n) is 7.39. The van der Waals surface area contributed by atoms with Crippen molar-refractivity contribution < 1.29 is 9.59 Å². The average Bonchev–Trinajstić information content (AvgIpc) is 3.50. The maximum atomic E-state index is 12.6. The number of nitrogens with one attached hydrogen (secondary N) is 4. The lowest BCUT2D eigenvalue weighted by molar-refractivity contribution is 0.0945. The minimum atomic E-state index is -0.187. The van der Waals surface area contributed by atoms with Crippen molar-refractivity contribution in [1.29, 1.82) is 0 Å². The highest BCUT2D eigenvalue weighted by Gasteiger charge is 2.13. The van der Waals surface area contributed by atoms with Crippen LogP contribution in [0.25, 0.3) is 22.1 Å². The van der Waals surface area contributed by atoms with E-state index in [0.29, 0.717) is 35.2 Å². The summed E-state index contributed by atoms with van der Waals surface area (Å²) < 4.78 is 0. The van der Waals surface area contributed by atoms with Crippen molar-refractivity contribution in [2.45, 2.75) is 13.1 Å². The van der Waals surface area contributed by atoms with E-state index in [4.69, 9.17) is 0 Å². The topological polar surface area (TPSA) is 116 Å². The molecule has 8 heteroatoms. The van der Waals surface area contributed by atoms with Crippen LogP contribution in [0.1, 0.15) is 31.8 Å². The molecule has 2 heterocycles. The normalized spacial score (nSPS) is 11.0. The Morgan fingerprint density at radius 1 is 0.688 bits per heavy atom. The molecule has 4 N–H and O–H groups in total. The molecule has 0 bridgehead atoms. The molecule has 2 aromatic heterocycles. The fourth-order valence-corrected chi connectivity index (χ4v) is 3.70. The predicted octanol–water partition coefficient (Wildman–Crippen LogP) is 3.30. The third kappa shape index (κ3) is 3.81. The fraction of sp³-hybridized carbons (Fsp3) is 0.0833. The molecule has 5 aromatic rings. The van der Waals surface area contributed by atoms with E-state index in [2.05, 4.69) is 30.6 Å². The molecule has 0 spiro atoms. The molecule has 0 aliphatic heterocycles. The maximum Gasteiger partial charge on any atom is 0.253 e. The number of para-hydroxylation sites is 2. The quantitative estimate of drug-likeness (QED) is 0.335. The van der Waals surface area contributed by atoms with Crippen LogP contribution in [0.15, 0.2) is 73.3 Å². The number of hydrogen-bond acceptors (Lipinski definition) is 4. The lowest BCUT2D eigenvalue weighted by Crippen LogP contribution is -2.24. The van der Waals surface area contributed by atoms with Gasteiger partial charge in [-0.2, -0.15) is 0 Å². The summed E-state index contributed by atoms with van der Waals surface area (Å²) in [6.07, 6.45) is 3.15. The Bertz CT molecular complexity index is 1330. The van der Waals surface area contributed by atoms with Crippen molar-refractivity contribution in [3.05, 3.63) is 95.6 Å². The number of rotatable bonds is 6. The van der Waals surface area contributed by atoms with Crippen molar-refractivity contribution in [2.24, 2.45) is 0 Å². The molecule has 158 valence electrons. The minimum Gasteiger partial charge on any atom is -0.348 e. The average molecular weight is 424 g/mol. The maximum absolute atomic E-state index is 12.6. The van der Waals surface area contributed by atoms with Gasteiger partial charge in [0.25, 0.3) is 11.8 Å². The molecule has 0 saturated heterocycles. The van der Waals surface area contributed by atoms with Crippen molar-refractivity contribution in [3.8, 4) is 0 Å². The molecule has 8 nitrogen and oxygen atoms in total. The fourth-order valence-electron chi connectivity index (χ4n) is 3.70. The van der Waals surface area contributed by atoms with Gasteiger partial charge < -0.3 is 20.6 Å². The van der Waals surface area contributed by atoms with Gasteiger partial charge in [-0.15, -0.1) is 0 Å². The third-order valence-corrected chi connectivity index (χ3v) is 5.29. The van der Waals surface area contributed by atoms with Gasteiger partial charge in [0.2, 0.25) is 0 Å². The van der Waals surface area contributed by atoms with Crippen LogP contribution < -0.4 is 10.6 Å². The van der Waals surface area contributed by atoms with Gasteiger partial charge in [0.1, 0.15) is 11.0 Å². The SMILES string of the molecule is O=C(NCc1cccc(CNC(=O)c2cccc3[nH]cnc23)c1)c1cccc2[nH]cnc12. The molecule has 0 fully saturated rings. The van der Waals surface area contributed by atoms with Gasteiger partial charge in [0.15, 0.2) is 0 Å². The first-order valence-corrected chi connectivity index (χ1v) is 10.2. The third-order valence-electron chi connectivity index (χ3n) is 5.29. The predicted molar refractivity (Wildman–Crippen MR) is 121 cm³/mol. The summed E-state index contributed by atoms with van der Waals surface area (Å²) in [6, 6.07) is 18.7. The van der Waals surface area contributed by atoms with Gasteiger partial charge in [0.05, 0.1) is 34.8 Å². The molecule has 0 unspecified atom stereocenters. The Kier molecular flexibility index (Phi) is 5.09. The minimum absolute atomic E-state index is 0.187. The number of carbonyl (C=O) groups is 2. The summed E-state index contributed by atoms with van der Waals surface area (Å²) in [5.74, 6) is -0.373. The van der Waals surface area contributed by atoms with E-state index >= 15 is 0 Å². The van der Waals surface area contributed by atoms with Gasteiger partial charge >= 0.3 is 0 Å². The van der Waals surface area contributed by atoms with Crippen LogP contribution in [-0.4, -0.2) is 31.8 Å². The van der Waals surface area contributed by atoms with Crippen LogP contribution in [-0.2, 0) is 13.1 Å². The standard InChI is InChI=1S/C24H20N6O2/c31-23(17-6-2-8-19-21(17)29-13-27-19)25-11-15-4-1-5-16(10-15)12-26-24(32)18-7-3-9-20-22(18)30-14-28-20/h1-10,13-14H,11-12H2,(H,25,31)(H,26,32)(H,27,29)(H,28,30). The smallest absolute Gasteiger partial charge is 0.253 e. The monoisotopic (exact) mass is 424 g/mol. The van der Waals surface area contributed by atoms with Gasteiger partial charge in [-0.3, -0.25) is 9.59 Å². The Balaban J connectivity index is 1.23. The van der Waals surface area contributed by atoms with Gasteiger partial charge in [0, 0.05) is 13.1 Å². The number of aromatic amines is 2. The van der Waals surface area contributed by atoms with Crippen molar-refractivity contribution in [3.63, 3.8) is 0 Å². The molecular formula is C24H20N6O2. The second-order valence-corrected chi connectivity index (χ2v) is 7.39. The van der Waals surface area contributed by atoms with Gasteiger partial charge in [-0.05, 0) is 35.4 Å². The highest BCUT2D eigenvalue weighted by atomic mass is 16.2. The van der Waals surface area contributed by atoms with E-state index in [-0.39, 0.29) is 11.8 Å². The zero-order valence-corrected chi connectivity index (χ0v) is 17.1. The summed E-state index contributed by atoms with van der Waals surface area (Å²) in [6.45, 7) is 0.738. The Labute approximate surface area is 183 Å². The van der Waals surface area contributed by atoms with Crippen molar-refractivity contribution in [1.82, 2.24) is 30.6 Å². The lowest BCUT2D eigenvalue weighted by atomic mass is 10.1. The number of hydrogen-bond donors (Lipinski definition) is 4. The zero-order valence-electron chi connectivity index (χ0n) is 17.1. The first-order chi connectivity index (χ1) is 15.7. The van der Waals surface area contributed by atoms with Crippen LogP contribution in [0.5, 0.6) is 0 Å². The molecule has 0 saturated carbocycles. The Hall–Kier alpha value is -4.46. The van der Waals surface area contributed by atoms with Crippen LogP contribution in [0.3, 0.4) is 0 Å². The highest BCUT2D eigenvalue weighted by molar-refractivity contribution is 6.05. The summed E-state index contributed by atoms with van der Waals surface area (Å²) in [7, 11) is 0. The zero-order chi connectivity index (χ0) is 21.9. The van der Waals surface area contributed by atoms with Crippen LogP contribution in [0.4, 0.5) is 0 Å². The number of carbonyl (C=O) groups excluding carboxylic acids is 2. The van der Waals surface area contributed by atoms with Gasteiger partial charge in [-0.1, -0.05) is 36.4 Å². The molecule has 5 rings (SSSR count). The largest absolute Gasteiger partial charge is 0.348 e. The van der Waals surface area contributed by atoms with Crippen molar-refractivity contribution in [2.75, 3.05) is 0 Å². The molecule has 32 heavy (non-hydrogen) atoms. The van der Waals surface area contributed by atoms with E-state index in [9.17, 15) is 9.59 Å². The Morgan fingerprint density at radius 2 is 1.16 bits per heavy atom. The summed E-state index contributed by atoms with van der Waals surface area (Å²) >= 11 is 0. The van der Waals surface area contributed by atoms with Gasteiger partial charge in [-0.25, -0.2) is 9.97 Å². The second kappa shape index (κ2) is 8.35. The molecule has 3 aromatic carbocycles. The first kappa shape index (κ1) is 19.5. The molecular weight excluding hydrogens is 404 g/mol. The highest BCUT2D eigenvalue weighted by Crippen LogP contribution is 2.16. The van der Waals surface area contributed by atoms with E-state index in [1.807, 2.05) is 48.5 Å². The number of imidazole rings is 2. The number of fused-ring (bicyclic) bond motifs is 2. The first-order valence-electron chi connectivity index (χ1n) is 10.2. The summed E-state index contributed by atoms with van der Waals surface area (Å²) in [5, 5.41) is 5.88. The van der Waals surface area contributed by atoms with E-state index in [0.717, 1.165) is 22.2 Å². The number of H-pyrrole nitrogens is 2. The lowest BCUT2D eigenvalue weighted by Gasteiger charge is -2.09. The van der Waals surface area contributed by atoms with E-state index in [1.54, 1.807) is 24.8 Å². The number of aromatic nitrogens is 4. The summed E-state index contributed by atoms with van der Waals surface area (Å²) in [4.78, 5) is 39.8. The Morgan fingerprint density at radius 3 is 1.66 bits per heavy atom. The van der Waals surface area contributed by atoms with Crippen LogP contribution in [0, 0.1) is 0 Å². The molecule has 0 aliphatic rings. The van der Waals surface area contributed by atoms with Crippen molar-refractivity contribution >= 4 is 33.9 Å². The molecule has 0 radical (unpaired) electrons. The van der Waals surface area contributed by atoms with E-state index in [1.165, 1.54) is 0 Å². The number of nitrogens with zero attached hydrogens (tertiary/aromatic N) is 2. The summed E-state index contributed by atoms with van der Waals surface area (Å²) in [5.41, 5.74) is 5.87. The molecule has 0 atom stereocenters. The molecule has 2 amide bonds.